The number of hydrogen-bond acceptors (Lipinski definition) is 5. The minimum absolute atomic E-state index is 0.165. The Morgan fingerprint density at radius 3 is 2.59 bits per heavy atom. The van der Waals surface area contributed by atoms with Gasteiger partial charge in [-0.15, -0.1) is 0 Å². The fraction of sp³-hybridized carbons (Fsp3) is 0.200. The first-order chi connectivity index (χ1) is 13.0. The molecule has 7 heteroatoms. The highest BCUT2D eigenvalue weighted by molar-refractivity contribution is 6.31. The van der Waals surface area contributed by atoms with Crippen LogP contribution in [0, 0.1) is 6.92 Å². The topological polar surface area (TPSA) is 71.0 Å². The van der Waals surface area contributed by atoms with Crippen molar-refractivity contribution in [3.8, 4) is 0 Å². The quantitative estimate of drug-likeness (QED) is 0.701. The van der Waals surface area contributed by atoms with Gasteiger partial charge in [0.05, 0.1) is 12.4 Å². The Bertz CT molecular complexity index is 915. The van der Waals surface area contributed by atoms with Crippen LogP contribution in [0.1, 0.15) is 21.6 Å². The normalized spacial score (nSPS) is 10.5. The number of nitrogens with zero attached hydrogens (tertiary/aromatic N) is 4. The SMILES string of the molecule is Cc1ccc(Nc2cnc(C(=O)N(C)CCc3ccncc3)cn2)cc1Cl. The molecule has 0 aliphatic rings. The number of hydrogen-bond donors (Lipinski definition) is 1. The van der Waals surface area contributed by atoms with Crippen LogP contribution in [0.3, 0.4) is 0 Å². The maximum Gasteiger partial charge on any atom is 0.273 e. The first-order valence-corrected chi connectivity index (χ1v) is 8.90. The molecule has 0 saturated carbocycles. The molecule has 0 saturated heterocycles. The number of carbonyl (C=O) groups excluding carboxylic acids is 1. The molecular weight excluding hydrogens is 362 g/mol. The number of pyridine rings is 1. The number of rotatable bonds is 6. The van der Waals surface area contributed by atoms with E-state index >= 15 is 0 Å². The molecule has 27 heavy (non-hydrogen) atoms. The van der Waals surface area contributed by atoms with Gasteiger partial charge in [0.1, 0.15) is 11.5 Å². The highest BCUT2D eigenvalue weighted by atomic mass is 35.5. The summed E-state index contributed by atoms with van der Waals surface area (Å²) in [5.74, 6) is 0.382. The molecule has 0 aliphatic heterocycles. The summed E-state index contributed by atoms with van der Waals surface area (Å²) in [6.45, 7) is 2.53. The predicted molar refractivity (Wildman–Crippen MR) is 106 cm³/mol. The molecule has 1 aromatic carbocycles. The van der Waals surface area contributed by atoms with Crippen LogP contribution in [0.25, 0.3) is 0 Å². The van der Waals surface area contributed by atoms with Crippen LogP contribution >= 0.6 is 11.6 Å². The lowest BCUT2D eigenvalue weighted by atomic mass is 10.2. The van der Waals surface area contributed by atoms with Crippen LogP contribution < -0.4 is 5.32 Å². The zero-order chi connectivity index (χ0) is 19.2. The van der Waals surface area contributed by atoms with Gasteiger partial charge in [-0.25, -0.2) is 9.97 Å². The summed E-state index contributed by atoms with van der Waals surface area (Å²) in [7, 11) is 1.76. The number of aromatic nitrogens is 3. The molecule has 0 bridgehead atoms. The third kappa shape index (κ3) is 5.01. The lowest BCUT2D eigenvalue weighted by molar-refractivity contribution is 0.0790. The summed E-state index contributed by atoms with van der Waals surface area (Å²) in [5, 5.41) is 3.80. The zero-order valence-electron chi connectivity index (χ0n) is 15.2. The highest BCUT2D eigenvalue weighted by Gasteiger charge is 2.13. The molecule has 0 unspecified atom stereocenters. The van der Waals surface area contributed by atoms with E-state index in [0.717, 1.165) is 23.2 Å². The van der Waals surface area contributed by atoms with E-state index < -0.39 is 0 Å². The minimum atomic E-state index is -0.165. The van der Waals surface area contributed by atoms with Crippen LogP contribution in [-0.2, 0) is 6.42 Å². The Morgan fingerprint density at radius 2 is 1.93 bits per heavy atom. The summed E-state index contributed by atoms with van der Waals surface area (Å²) in [6.07, 6.45) is 7.26. The molecule has 138 valence electrons. The van der Waals surface area contributed by atoms with E-state index in [9.17, 15) is 4.79 Å². The molecular formula is C20H20ClN5O. The Balaban J connectivity index is 1.60. The number of benzene rings is 1. The Labute approximate surface area is 163 Å². The van der Waals surface area contributed by atoms with Gasteiger partial charge in [-0.1, -0.05) is 17.7 Å². The van der Waals surface area contributed by atoms with Crippen molar-refractivity contribution in [1.82, 2.24) is 19.9 Å². The molecule has 1 amide bonds. The van der Waals surface area contributed by atoms with E-state index in [4.69, 9.17) is 11.6 Å². The summed E-state index contributed by atoms with van der Waals surface area (Å²) in [4.78, 5) is 26.6. The molecule has 1 N–H and O–H groups in total. The molecule has 0 atom stereocenters. The van der Waals surface area contributed by atoms with Gasteiger partial charge in [0.2, 0.25) is 0 Å². The predicted octanol–water partition coefficient (Wildman–Crippen LogP) is 3.89. The third-order valence-corrected chi connectivity index (χ3v) is 4.55. The van der Waals surface area contributed by atoms with Crippen molar-refractivity contribution >= 4 is 29.0 Å². The van der Waals surface area contributed by atoms with Crippen molar-refractivity contribution in [2.45, 2.75) is 13.3 Å². The van der Waals surface area contributed by atoms with Crippen molar-refractivity contribution in [2.24, 2.45) is 0 Å². The number of halogens is 1. The fourth-order valence-electron chi connectivity index (χ4n) is 2.46. The number of amides is 1. The molecule has 0 fully saturated rings. The summed E-state index contributed by atoms with van der Waals surface area (Å²) < 4.78 is 0. The maximum absolute atomic E-state index is 12.5. The van der Waals surface area contributed by atoms with Gasteiger partial charge in [-0.05, 0) is 48.7 Å². The van der Waals surface area contributed by atoms with Crippen LogP contribution in [0.5, 0.6) is 0 Å². The van der Waals surface area contributed by atoms with Crippen LogP contribution in [-0.4, -0.2) is 39.4 Å². The van der Waals surface area contributed by atoms with Gasteiger partial charge < -0.3 is 10.2 Å². The van der Waals surface area contributed by atoms with Crippen molar-refractivity contribution in [3.63, 3.8) is 0 Å². The Hall–Kier alpha value is -2.99. The van der Waals surface area contributed by atoms with E-state index in [2.05, 4.69) is 20.3 Å². The first kappa shape index (κ1) is 18.8. The minimum Gasteiger partial charge on any atom is -0.340 e. The second-order valence-electron chi connectivity index (χ2n) is 6.21. The van der Waals surface area contributed by atoms with Crippen molar-refractivity contribution in [1.29, 1.82) is 0 Å². The number of aryl methyl sites for hydroxylation is 1. The maximum atomic E-state index is 12.5. The standard InChI is InChI=1S/C20H20ClN5O/c1-14-3-4-16(11-17(14)21)25-19-13-23-18(12-24-19)20(27)26(2)10-7-15-5-8-22-9-6-15/h3-6,8-9,11-13H,7,10H2,1-2H3,(H,24,25). The summed E-state index contributed by atoms with van der Waals surface area (Å²) >= 11 is 6.13. The lowest BCUT2D eigenvalue weighted by Gasteiger charge is -2.16. The molecule has 0 radical (unpaired) electrons. The monoisotopic (exact) mass is 381 g/mol. The highest BCUT2D eigenvalue weighted by Crippen LogP contribution is 2.22. The van der Waals surface area contributed by atoms with E-state index in [1.165, 1.54) is 12.4 Å². The van der Waals surface area contributed by atoms with Crippen molar-refractivity contribution in [2.75, 3.05) is 18.9 Å². The third-order valence-electron chi connectivity index (χ3n) is 4.15. The number of carbonyl (C=O) groups is 1. The molecule has 0 spiro atoms. The van der Waals surface area contributed by atoms with Gasteiger partial charge >= 0.3 is 0 Å². The lowest BCUT2D eigenvalue weighted by Crippen LogP contribution is -2.29. The van der Waals surface area contributed by atoms with E-state index in [0.29, 0.717) is 23.1 Å². The van der Waals surface area contributed by atoms with Crippen molar-refractivity contribution < 1.29 is 4.79 Å². The average Bonchev–Trinajstić information content (AvgIpc) is 2.70. The summed E-state index contributed by atoms with van der Waals surface area (Å²) in [5.41, 5.74) is 3.25. The molecule has 0 aliphatic carbocycles. The molecule has 3 aromatic rings. The van der Waals surface area contributed by atoms with Crippen LogP contribution in [0.4, 0.5) is 11.5 Å². The van der Waals surface area contributed by atoms with Gasteiger partial charge in [0.25, 0.3) is 5.91 Å². The number of likely N-dealkylation sites (N-methyl/N-ethyl adjacent to an activating group) is 1. The second-order valence-corrected chi connectivity index (χ2v) is 6.62. The summed E-state index contributed by atoms with van der Waals surface area (Å²) in [6, 6.07) is 9.54. The van der Waals surface area contributed by atoms with Gasteiger partial charge in [-0.3, -0.25) is 9.78 Å². The first-order valence-electron chi connectivity index (χ1n) is 8.52. The molecule has 3 rings (SSSR count). The Kier molecular flexibility index (Phi) is 5.98. The van der Waals surface area contributed by atoms with Gasteiger partial charge in [-0.2, -0.15) is 0 Å². The van der Waals surface area contributed by atoms with E-state index in [1.807, 2.05) is 37.3 Å². The zero-order valence-corrected chi connectivity index (χ0v) is 15.9. The average molecular weight is 382 g/mol. The Morgan fingerprint density at radius 1 is 1.15 bits per heavy atom. The second kappa shape index (κ2) is 8.60. The van der Waals surface area contributed by atoms with Crippen LogP contribution in [0.2, 0.25) is 5.02 Å². The number of anilines is 2. The molecule has 2 aromatic heterocycles. The van der Waals surface area contributed by atoms with Crippen LogP contribution in [0.15, 0.2) is 55.1 Å². The smallest absolute Gasteiger partial charge is 0.273 e. The van der Waals surface area contributed by atoms with E-state index in [1.54, 1.807) is 24.3 Å². The fourth-order valence-corrected chi connectivity index (χ4v) is 2.65. The molecule has 2 heterocycles. The van der Waals surface area contributed by atoms with Crippen molar-refractivity contribution in [3.05, 3.63) is 77.0 Å². The van der Waals surface area contributed by atoms with E-state index in [-0.39, 0.29) is 5.91 Å². The molecule has 6 nitrogen and oxygen atoms in total. The van der Waals surface area contributed by atoms with Gasteiger partial charge in [0.15, 0.2) is 0 Å². The van der Waals surface area contributed by atoms with Gasteiger partial charge in [0, 0.05) is 36.7 Å². The largest absolute Gasteiger partial charge is 0.340 e. The number of nitrogens with one attached hydrogen (secondary N) is 1.